The molecule has 8 nitrogen and oxygen atoms in total. The quantitative estimate of drug-likeness (QED) is 0.352. The SMILES string of the molecule is COc1ccc(-c2nc(COC(=O)c3nn(-c4cccc(C(F)(F)F)c4)cc3OC)co2)cc1. The van der Waals surface area contributed by atoms with Crippen LogP contribution in [0.15, 0.2) is 65.4 Å². The van der Waals surface area contributed by atoms with Gasteiger partial charge in [-0.15, -0.1) is 0 Å². The lowest BCUT2D eigenvalue weighted by molar-refractivity contribution is -0.137. The molecule has 0 saturated heterocycles. The van der Waals surface area contributed by atoms with E-state index in [9.17, 15) is 18.0 Å². The fourth-order valence-corrected chi connectivity index (χ4v) is 3.05. The summed E-state index contributed by atoms with van der Waals surface area (Å²) in [6, 6.07) is 11.6. The van der Waals surface area contributed by atoms with Gasteiger partial charge in [0, 0.05) is 5.56 Å². The van der Waals surface area contributed by atoms with Crippen molar-refractivity contribution in [3.63, 3.8) is 0 Å². The Kier molecular flexibility index (Phi) is 6.26. The molecule has 0 radical (unpaired) electrons. The first-order valence-corrected chi connectivity index (χ1v) is 9.85. The molecule has 0 aliphatic heterocycles. The number of hydrogen-bond acceptors (Lipinski definition) is 7. The monoisotopic (exact) mass is 473 g/mol. The highest BCUT2D eigenvalue weighted by atomic mass is 19.4. The number of aromatic nitrogens is 3. The van der Waals surface area contributed by atoms with Gasteiger partial charge in [0.05, 0.1) is 31.7 Å². The average Bonchev–Trinajstić information content (AvgIpc) is 3.50. The molecule has 0 bridgehead atoms. The van der Waals surface area contributed by atoms with Crippen LogP contribution in [0.1, 0.15) is 21.7 Å². The molecule has 0 spiro atoms. The minimum Gasteiger partial charge on any atom is -0.497 e. The molecule has 4 aromatic rings. The fourth-order valence-electron chi connectivity index (χ4n) is 3.05. The molecular formula is C23H18F3N3O5. The number of nitrogens with zero attached hydrogens (tertiary/aromatic N) is 3. The average molecular weight is 473 g/mol. The number of alkyl halides is 3. The van der Waals surface area contributed by atoms with E-state index in [1.807, 2.05) is 0 Å². The van der Waals surface area contributed by atoms with Gasteiger partial charge in [-0.25, -0.2) is 14.5 Å². The predicted octanol–water partition coefficient (Wildman–Crippen LogP) is 4.92. The Labute approximate surface area is 191 Å². The zero-order valence-electron chi connectivity index (χ0n) is 18.0. The standard InChI is InChI=1S/C23H18F3N3O5/c1-31-18-8-6-14(7-9-18)21-27-16(12-33-21)13-34-22(30)20-19(32-2)11-29(28-20)17-5-3-4-15(10-17)23(24,25)26/h3-12H,13H2,1-2H3. The maximum Gasteiger partial charge on any atom is 0.416 e. The Morgan fingerprint density at radius 3 is 2.53 bits per heavy atom. The summed E-state index contributed by atoms with van der Waals surface area (Å²) in [6.07, 6.45) is -1.87. The number of rotatable bonds is 7. The van der Waals surface area contributed by atoms with Crippen LogP contribution in [-0.2, 0) is 17.5 Å². The van der Waals surface area contributed by atoms with Gasteiger partial charge in [0.2, 0.25) is 11.6 Å². The maximum atomic E-state index is 13.0. The second kappa shape index (κ2) is 9.30. The van der Waals surface area contributed by atoms with Crippen molar-refractivity contribution in [2.24, 2.45) is 0 Å². The highest BCUT2D eigenvalue weighted by Gasteiger charge is 2.31. The van der Waals surface area contributed by atoms with Gasteiger partial charge in [0.25, 0.3) is 0 Å². The Hall–Kier alpha value is -4.28. The second-order valence-corrected chi connectivity index (χ2v) is 6.99. The molecule has 176 valence electrons. The third kappa shape index (κ3) is 4.87. The molecule has 2 aromatic heterocycles. The third-order valence-corrected chi connectivity index (χ3v) is 4.77. The topological polar surface area (TPSA) is 88.6 Å². The Morgan fingerprint density at radius 2 is 1.85 bits per heavy atom. The molecule has 2 heterocycles. The molecule has 0 unspecified atom stereocenters. The molecule has 0 saturated carbocycles. The van der Waals surface area contributed by atoms with Crippen LogP contribution in [0, 0.1) is 0 Å². The summed E-state index contributed by atoms with van der Waals surface area (Å²) in [7, 11) is 2.87. The normalized spacial score (nSPS) is 11.3. The highest BCUT2D eigenvalue weighted by Crippen LogP contribution is 2.31. The Balaban J connectivity index is 1.48. The van der Waals surface area contributed by atoms with Gasteiger partial charge in [-0.1, -0.05) is 6.07 Å². The van der Waals surface area contributed by atoms with Gasteiger partial charge in [-0.2, -0.15) is 18.3 Å². The number of halogens is 3. The van der Waals surface area contributed by atoms with E-state index in [0.717, 1.165) is 16.8 Å². The summed E-state index contributed by atoms with van der Waals surface area (Å²) in [5.41, 5.74) is 0.129. The Bertz CT molecular complexity index is 1300. The summed E-state index contributed by atoms with van der Waals surface area (Å²) >= 11 is 0. The molecule has 0 aliphatic carbocycles. The first kappa shape index (κ1) is 22.9. The van der Waals surface area contributed by atoms with Crippen LogP contribution in [0.25, 0.3) is 17.1 Å². The van der Waals surface area contributed by atoms with Crippen LogP contribution in [0.2, 0.25) is 0 Å². The van der Waals surface area contributed by atoms with Crippen molar-refractivity contribution >= 4 is 5.97 Å². The lowest BCUT2D eigenvalue weighted by atomic mass is 10.2. The van der Waals surface area contributed by atoms with Crippen molar-refractivity contribution < 1.29 is 36.6 Å². The molecule has 0 aliphatic rings. The van der Waals surface area contributed by atoms with Gasteiger partial charge < -0.3 is 18.6 Å². The van der Waals surface area contributed by atoms with E-state index in [1.54, 1.807) is 31.4 Å². The number of ether oxygens (including phenoxy) is 3. The van der Waals surface area contributed by atoms with Gasteiger partial charge in [-0.3, -0.25) is 0 Å². The van der Waals surface area contributed by atoms with Crippen molar-refractivity contribution in [3.05, 3.63) is 77.9 Å². The zero-order valence-corrected chi connectivity index (χ0v) is 18.0. The van der Waals surface area contributed by atoms with E-state index in [2.05, 4.69) is 10.1 Å². The number of esters is 1. The number of carbonyl (C=O) groups is 1. The minimum absolute atomic E-state index is 0.0430. The predicted molar refractivity (Wildman–Crippen MR) is 113 cm³/mol. The van der Waals surface area contributed by atoms with Crippen LogP contribution in [0.3, 0.4) is 0 Å². The van der Waals surface area contributed by atoms with Crippen LogP contribution in [-0.4, -0.2) is 35.0 Å². The first-order valence-electron chi connectivity index (χ1n) is 9.85. The van der Waals surface area contributed by atoms with E-state index in [1.165, 1.54) is 31.7 Å². The molecule has 0 atom stereocenters. The van der Waals surface area contributed by atoms with Crippen LogP contribution >= 0.6 is 0 Å². The summed E-state index contributed by atoms with van der Waals surface area (Å²) in [6.45, 7) is -0.210. The third-order valence-electron chi connectivity index (χ3n) is 4.77. The Morgan fingerprint density at radius 1 is 1.09 bits per heavy atom. The number of oxazole rings is 1. The maximum absolute atomic E-state index is 13.0. The number of benzene rings is 2. The summed E-state index contributed by atoms with van der Waals surface area (Å²) in [5, 5.41) is 4.05. The first-order chi connectivity index (χ1) is 16.3. The van der Waals surface area contributed by atoms with E-state index < -0.39 is 17.7 Å². The van der Waals surface area contributed by atoms with Crippen molar-refractivity contribution in [1.82, 2.24) is 14.8 Å². The largest absolute Gasteiger partial charge is 0.497 e. The molecule has 0 amide bonds. The van der Waals surface area contributed by atoms with E-state index in [-0.39, 0.29) is 23.7 Å². The van der Waals surface area contributed by atoms with Gasteiger partial charge in [0.1, 0.15) is 24.3 Å². The number of carbonyl (C=O) groups excluding carboxylic acids is 1. The molecule has 34 heavy (non-hydrogen) atoms. The summed E-state index contributed by atoms with van der Waals surface area (Å²) in [5.74, 6) is 0.223. The molecule has 4 rings (SSSR count). The minimum atomic E-state index is -4.52. The van der Waals surface area contributed by atoms with E-state index in [4.69, 9.17) is 18.6 Å². The number of hydrogen-bond donors (Lipinski definition) is 0. The zero-order chi connectivity index (χ0) is 24.3. The molecule has 0 fully saturated rings. The lowest BCUT2D eigenvalue weighted by Crippen LogP contribution is -2.09. The number of methoxy groups -OCH3 is 2. The second-order valence-electron chi connectivity index (χ2n) is 6.99. The highest BCUT2D eigenvalue weighted by molar-refractivity contribution is 5.90. The smallest absolute Gasteiger partial charge is 0.416 e. The van der Waals surface area contributed by atoms with Crippen molar-refractivity contribution in [3.8, 4) is 28.6 Å². The van der Waals surface area contributed by atoms with Crippen molar-refractivity contribution in [2.75, 3.05) is 14.2 Å². The lowest BCUT2D eigenvalue weighted by Gasteiger charge is -2.08. The van der Waals surface area contributed by atoms with Crippen LogP contribution in [0.4, 0.5) is 13.2 Å². The van der Waals surface area contributed by atoms with E-state index in [0.29, 0.717) is 22.9 Å². The molecular weight excluding hydrogens is 455 g/mol. The summed E-state index contributed by atoms with van der Waals surface area (Å²) < 4.78 is 61.1. The van der Waals surface area contributed by atoms with Gasteiger partial charge in [-0.05, 0) is 42.5 Å². The fraction of sp³-hybridized carbons (Fsp3) is 0.174. The molecule has 2 aromatic carbocycles. The van der Waals surface area contributed by atoms with Gasteiger partial charge >= 0.3 is 12.1 Å². The molecule has 0 N–H and O–H groups in total. The van der Waals surface area contributed by atoms with Crippen LogP contribution in [0.5, 0.6) is 11.5 Å². The summed E-state index contributed by atoms with van der Waals surface area (Å²) in [4.78, 5) is 16.9. The van der Waals surface area contributed by atoms with E-state index >= 15 is 0 Å². The molecule has 11 heteroatoms. The van der Waals surface area contributed by atoms with Crippen LogP contribution < -0.4 is 9.47 Å². The van der Waals surface area contributed by atoms with Gasteiger partial charge in [0.15, 0.2) is 5.75 Å². The van der Waals surface area contributed by atoms with Crippen molar-refractivity contribution in [2.45, 2.75) is 12.8 Å². The van der Waals surface area contributed by atoms with Crippen molar-refractivity contribution in [1.29, 1.82) is 0 Å².